The molecule has 0 aromatic rings. The molecule has 1 aliphatic carbocycles. The first-order chi connectivity index (χ1) is 6.75. The maximum absolute atomic E-state index is 5.85. The summed E-state index contributed by atoms with van der Waals surface area (Å²) in [5, 5.41) is 0. The van der Waals surface area contributed by atoms with E-state index in [1.807, 2.05) is 6.92 Å². The highest BCUT2D eigenvalue weighted by atomic mass is 16.5. The summed E-state index contributed by atoms with van der Waals surface area (Å²) < 4.78 is 5.63. The minimum absolute atomic E-state index is 0.165. The van der Waals surface area contributed by atoms with Crippen LogP contribution in [0.4, 0.5) is 0 Å². The lowest BCUT2D eigenvalue weighted by molar-refractivity contribution is -0.0381. The van der Waals surface area contributed by atoms with Crippen molar-refractivity contribution < 1.29 is 4.74 Å². The van der Waals surface area contributed by atoms with Crippen molar-refractivity contribution in [1.82, 2.24) is 4.90 Å². The van der Waals surface area contributed by atoms with Gasteiger partial charge in [0, 0.05) is 19.1 Å². The molecule has 2 rings (SSSR count). The van der Waals surface area contributed by atoms with E-state index in [9.17, 15) is 0 Å². The van der Waals surface area contributed by atoms with Gasteiger partial charge in [0.25, 0.3) is 0 Å². The van der Waals surface area contributed by atoms with Gasteiger partial charge in [0.15, 0.2) is 0 Å². The Hall–Kier alpha value is -0.120. The van der Waals surface area contributed by atoms with Gasteiger partial charge in [-0.05, 0) is 25.8 Å². The van der Waals surface area contributed by atoms with Gasteiger partial charge >= 0.3 is 0 Å². The van der Waals surface area contributed by atoms with E-state index in [0.717, 1.165) is 25.6 Å². The molecule has 1 aliphatic heterocycles. The van der Waals surface area contributed by atoms with Crippen molar-refractivity contribution in [2.45, 2.75) is 38.3 Å². The van der Waals surface area contributed by atoms with Gasteiger partial charge in [-0.25, -0.2) is 0 Å². The molecule has 2 fully saturated rings. The number of nitrogens with two attached hydrogens (primary N) is 1. The number of hydrogen-bond donors (Lipinski definition) is 1. The second kappa shape index (κ2) is 4.60. The minimum Gasteiger partial charge on any atom is -0.374 e. The topological polar surface area (TPSA) is 38.5 Å². The lowest BCUT2D eigenvalue weighted by Crippen LogP contribution is -2.49. The number of hydrogen-bond acceptors (Lipinski definition) is 3. The van der Waals surface area contributed by atoms with Crippen molar-refractivity contribution in [1.29, 1.82) is 0 Å². The molecule has 14 heavy (non-hydrogen) atoms. The normalized spacial score (nSPS) is 31.7. The monoisotopic (exact) mass is 198 g/mol. The Kier molecular flexibility index (Phi) is 3.42. The summed E-state index contributed by atoms with van der Waals surface area (Å²) in [7, 11) is 0. The molecule has 1 saturated heterocycles. The third kappa shape index (κ3) is 2.94. The van der Waals surface area contributed by atoms with E-state index in [0.29, 0.717) is 0 Å². The van der Waals surface area contributed by atoms with Gasteiger partial charge in [-0.3, -0.25) is 4.90 Å². The highest BCUT2D eigenvalue weighted by Crippen LogP contribution is 2.32. The Morgan fingerprint density at radius 1 is 1.50 bits per heavy atom. The van der Waals surface area contributed by atoms with Gasteiger partial charge < -0.3 is 10.5 Å². The van der Waals surface area contributed by atoms with Crippen molar-refractivity contribution in [2.24, 2.45) is 11.7 Å². The minimum atomic E-state index is 0.165. The first kappa shape index (κ1) is 10.4. The standard InChI is InChI=1S/C11H22N2O/c1-9(12)11-8-13(6-7-14-11)5-4-10-2-3-10/h9-11H,2-8,12H2,1H3. The predicted octanol–water partition coefficient (Wildman–Crippen LogP) is 0.834. The van der Waals surface area contributed by atoms with E-state index >= 15 is 0 Å². The maximum Gasteiger partial charge on any atom is 0.0850 e. The molecule has 1 heterocycles. The molecule has 0 aromatic heterocycles. The summed E-state index contributed by atoms with van der Waals surface area (Å²) in [5.41, 5.74) is 5.85. The average molecular weight is 198 g/mol. The second-order valence-corrected chi connectivity index (χ2v) is 4.80. The zero-order valence-electron chi connectivity index (χ0n) is 9.11. The molecule has 0 aromatic carbocycles. The second-order valence-electron chi connectivity index (χ2n) is 4.80. The number of morpholine rings is 1. The molecule has 3 nitrogen and oxygen atoms in total. The van der Waals surface area contributed by atoms with Crippen LogP contribution < -0.4 is 5.73 Å². The number of nitrogens with zero attached hydrogens (tertiary/aromatic N) is 1. The molecule has 2 unspecified atom stereocenters. The Balaban J connectivity index is 1.69. The van der Waals surface area contributed by atoms with Crippen molar-refractivity contribution in [3.05, 3.63) is 0 Å². The molecule has 3 heteroatoms. The SMILES string of the molecule is CC(N)C1CN(CCC2CC2)CCO1. The molecule has 2 atom stereocenters. The molecule has 82 valence electrons. The first-order valence-corrected chi connectivity index (χ1v) is 5.85. The molecule has 2 N–H and O–H groups in total. The predicted molar refractivity (Wildman–Crippen MR) is 57.2 cm³/mol. The zero-order valence-corrected chi connectivity index (χ0v) is 9.11. The Morgan fingerprint density at radius 3 is 2.93 bits per heavy atom. The zero-order chi connectivity index (χ0) is 9.97. The van der Waals surface area contributed by atoms with Crippen LogP contribution in [-0.2, 0) is 4.74 Å². The fourth-order valence-electron chi connectivity index (χ4n) is 2.02. The third-order valence-electron chi connectivity index (χ3n) is 3.31. The van der Waals surface area contributed by atoms with Gasteiger partial charge in [-0.1, -0.05) is 12.8 Å². The Morgan fingerprint density at radius 2 is 2.29 bits per heavy atom. The van der Waals surface area contributed by atoms with Crippen molar-refractivity contribution >= 4 is 0 Å². The lowest BCUT2D eigenvalue weighted by atomic mass is 10.1. The smallest absolute Gasteiger partial charge is 0.0850 e. The van der Waals surface area contributed by atoms with Gasteiger partial charge in [0.2, 0.25) is 0 Å². The quantitative estimate of drug-likeness (QED) is 0.727. The summed E-state index contributed by atoms with van der Waals surface area (Å²) in [6.07, 6.45) is 4.55. The molecule has 2 aliphatic rings. The van der Waals surface area contributed by atoms with E-state index in [-0.39, 0.29) is 12.1 Å². The van der Waals surface area contributed by atoms with Crippen LogP contribution in [-0.4, -0.2) is 43.3 Å². The third-order valence-corrected chi connectivity index (χ3v) is 3.31. The van der Waals surface area contributed by atoms with Gasteiger partial charge in [0.05, 0.1) is 12.7 Å². The van der Waals surface area contributed by atoms with Crippen LogP contribution in [0.15, 0.2) is 0 Å². The van der Waals surface area contributed by atoms with Gasteiger partial charge in [-0.2, -0.15) is 0 Å². The molecular weight excluding hydrogens is 176 g/mol. The molecule has 0 spiro atoms. The van der Waals surface area contributed by atoms with E-state index in [1.165, 1.54) is 25.8 Å². The summed E-state index contributed by atoms with van der Waals surface area (Å²) in [4.78, 5) is 2.51. The fourth-order valence-corrected chi connectivity index (χ4v) is 2.02. The Bertz CT molecular complexity index is 180. The summed E-state index contributed by atoms with van der Waals surface area (Å²) in [6, 6.07) is 0.165. The van der Waals surface area contributed by atoms with E-state index in [2.05, 4.69) is 4.90 Å². The largest absolute Gasteiger partial charge is 0.374 e. The summed E-state index contributed by atoms with van der Waals surface area (Å²) in [6.45, 7) is 6.27. The number of ether oxygens (including phenoxy) is 1. The first-order valence-electron chi connectivity index (χ1n) is 5.85. The van der Waals surface area contributed by atoms with Crippen molar-refractivity contribution in [3.8, 4) is 0 Å². The highest BCUT2D eigenvalue weighted by Gasteiger charge is 2.26. The number of rotatable bonds is 4. The van der Waals surface area contributed by atoms with Gasteiger partial charge in [-0.15, -0.1) is 0 Å². The van der Waals surface area contributed by atoms with E-state index in [4.69, 9.17) is 10.5 Å². The molecule has 1 saturated carbocycles. The Labute approximate surface area is 86.6 Å². The highest BCUT2D eigenvalue weighted by molar-refractivity contribution is 4.80. The fraction of sp³-hybridized carbons (Fsp3) is 1.00. The van der Waals surface area contributed by atoms with Crippen molar-refractivity contribution in [3.63, 3.8) is 0 Å². The van der Waals surface area contributed by atoms with E-state index in [1.54, 1.807) is 0 Å². The maximum atomic E-state index is 5.85. The average Bonchev–Trinajstić information content (AvgIpc) is 2.99. The van der Waals surface area contributed by atoms with Crippen LogP contribution in [0.5, 0.6) is 0 Å². The van der Waals surface area contributed by atoms with Crippen LogP contribution in [0.3, 0.4) is 0 Å². The van der Waals surface area contributed by atoms with Crippen LogP contribution in [0.2, 0.25) is 0 Å². The molecular formula is C11H22N2O. The summed E-state index contributed by atoms with van der Waals surface area (Å²) >= 11 is 0. The van der Waals surface area contributed by atoms with Crippen LogP contribution >= 0.6 is 0 Å². The van der Waals surface area contributed by atoms with Crippen molar-refractivity contribution in [2.75, 3.05) is 26.2 Å². The molecule has 0 bridgehead atoms. The molecule has 0 radical (unpaired) electrons. The lowest BCUT2D eigenvalue weighted by Gasteiger charge is -2.34. The van der Waals surface area contributed by atoms with E-state index < -0.39 is 0 Å². The van der Waals surface area contributed by atoms with Gasteiger partial charge in [0.1, 0.15) is 0 Å². The summed E-state index contributed by atoms with van der Waals surface area (Å²) in [5.74, 6) is 1.03. The van der Waals surface area contributed by atoms with Crippen LogP contribution in [0, 0.1) is 5.92 Å². The van der Waals surface area contributed by atoms with Crippen LogP contribution in [0.25, 0.3) is 0 Å². The molecule has 0 amide bonds. The van der Waals surface area contributed by atoms with Crippen LogP contribution in [0.1, 0.15) is 26.2 Å².